The molecule has 0 aromatic heterocycles. The normalized spacial score (nSPS) is 21.4. The summed E-state index contributed by atoms with van der Waals surface area (Å²) in [6.45, 7) is 7.38. The summed E-state index contributed by atoms with van der Waals surface area (Å²) in [5.41, 5.74) is 5.17. The molecule has 1 unspecified atom stereocenters. The number of morpholine rings is 1. The monoisotopic (exact) mass is 260 g/mol. The molecular formula is C11H20N2O3S. The van der Waals surface area contributed by atoms with Gasteiger partial charge in [0.1, 0.15) is 0 Å². The highest BCUT2D eigenvalue weighted by molar-refractivity contribution is 8.01. The van der Waals surface area contributed by atoms with Crippen LogP contribution < -0.4 is 5.73 Å². The minimum absolute atomic E-state index is 0.0412. The van der Waals surface area contributed by atoms with E-state index in [1.54, 1.807) is 16.7 Å². The summed E-state index contributed by atoms with van der Waals surface area (Å²) in [6.07, 6.45) is -0.660. The van der Waals surface area contributed by atoms with Crippen LogP contribution in [-0.2, 0) is 14.3 Å². The van der Waals surface area contributed by atoms with E-state index in [0.717, 1.165) is 0 Å². The second-order valence-electron chi connectivity index (χ2n) is 5.00. The average molecular weight is 260 g/mol. The summed E-state index contributed by atoms with van der Waals surface area (Å²) in [6, 6.07) is 0. The highest BCUT2D eigenvalue weighted by Crippen LogP contribution is 2.23. The molecule has 5 nitrogen and oxygen atoms in total. The Morgan fingerprint density at radius 2 is 2.12 bits per heavy atom. The van der Waals surface area contributed by atoms with Crippen molar-refractivity contribution in [3.63, 3.8) is 0 Å². The molecule has 0 aliphatic carbocycles. The van der Waals surface area contributed by atoms with Crippen molar-refractivity contribution in [3.05, 3.63) is 0 Å². The van der Waals surface area contributed by atoms with Gasteiger partial charge in [0.2, 0.25) is 11.8 Å². The zero-order valence-electron chi connectivity index (χ0n) is 10.6. The molecule has 1 fully saturated rings. The lowest BCUT2D eigenvalue weighted by atomic mass is 10.2. The Balaban J connectivity index is 2.44. The zero-order valence-corrected chi connectivity index (χ0v) is 11.4. The van der Waals surface area contributed by atoms with Gasteiger partial charge in [-0.05, 0) is 0 Å². The maximum atomic E-state index is 11.9. The first kappa shape index (κ1) is 14.3. The molecule has 1 aliphatic rings. The highest BCUT2D eigenvalue weighted by atomic mass is 32.2. The van der Waals surface area contributed by atoms with E-state index < -0.39 is 12.0 Å². The number of primary amides is 1. The van der Waals surface area contributed by atoms with E-state index in [0.29, 0.717) is 18.9 Å². The zero-order chi connectivity index (χ0) is 13.1. The van der Waals surface area contributed by atoms with Crippen molar-refractivity contribution < 1.29 is 14.3 Å². The van der Waals surface area contributed by atoms with E-state index in [4.69, 9.17) is 10.5 Å². The lowest BCUT2D eigenvalue weighted by molar-refractivity contribution is -0.143. The number of nitrogens with two attached hydrogens (primary N) is 1. The van der Waals surface area contributed by atoms with Crippen molar-refractivity contribution in [2.24, 2.45) is 5.73 Å². The molecular weight excluding hydrogens is 240 g/mol. The molecule has 0 aromatic rings. The summed E-state index contributed by atoms with van der Waals surface area (Å²) in [5, 5.41) is 0. The van der Waals surface area contributed by atoms with E-state index in [2.05, 4.69) is 20.8 Å². The quantitative estimate of drug-likeness (QED) is 0.788. The maximum Gasteiger partial charge on any atom is 0.248 e. The second-order valence-corrected chi connectivity index (χ2v) is 6.80. The van der Waals surface area contributed by atoms with E-state index in [9.17, 15) is 9.59 Å². The molecule has 0 saturated carbocycles. The molecule has 1 atom stereocenters. The molecule has 1 rings (SSSR count). The minimum Gasteiger partial charge on any atom is -0.367 e. The second kappa shape index (κ2) is 5.73. The Hall–Kier alpha value is -0.750. The summed E-state index contributed by atoms with van der Waals surface area (Å²) in [5.74, 6) is -0.0416. The van der Waals surface area contributed by atoms with Gasteiger partial charge in [-0.25, -0.2) is 0 Å². The maximum absolute atomic E-state index is 11.9. The first-order valence-electron chi connectivity index (χ1n) is 5.62. The van der Waals surface area contributed by atoms with Gasteiger partial charge in [0.15, 0.2) is 6.10 Å². The van der Waals surface area contributed by atoms with Gasteiger partial charge in [-0.1, -0.05) is 20.8 Å². The number of amides is 2. The van der Waals surface area contributed by atoms with Gasteiger partial charge in [0, 0.05) is 11.3 Å². The van der Waals surface area contributed by atoms with Gasteiger partial charge in [0.05, 0.1) is 18.9 Å². The van der Waals surface area contributed by atoms with E-state index >= 15 is 0 Å². The smallest absolute Gasteiger partial charge is 0.248 e. The van der Waals surface area contributed by atoms with E-state index in [1.165, 1.54) is 0 Å². The lowest BCUT2D eigenvalue weighted by Gasteiger charge is -2.32. The van der Waals surface area contributed by atoms with E-state index in [1.807, 2.05) is 0 Å². The molecule has 1 saturated heterocycles. The number of rotatable bonds is 3. The van der Waals surface area contributed by atoms with Crippen LogP contribution in [0.4, 0.5) is 0 Å². The standard InChI is InChI=1S/C11H20N2O3S/c1-11(2,3)17-7-9(14)13-4-5-16-8(6-13)10(12)15/h8H,4-7H2,1-3H3,(H2,12,15). The van der Waals surface area contributed by atoms with Crippen LogP contribution in [0.1, 0.15) is 20.8 Å². The fourth-order valence-electron chi connectivity index (χ4n) is 1.42. The Morgan fingerprint density at radius 1 is 1.47 bits per heavy atom. The lowest BCUT2D eigenvalue weighted by Crippen LogP contribution is -2.51. The molecule has 2 N–H and O–H groups in total. The summed E-state index contributed by atoms with van der Waals surface area (Å²) in [4.78, 5) is 24.6. The van der Waals surface area contributed by atoms with Gasteiger partial charge in [-0.3, -0.25) is 9.59 Å². The van der Waals surface area contributed by atoms with Crippen molar-refractivity contribution in [2.45, 2.75) is 31.6 Å². The summed E-state index contributed by atoms with van der Waals surface area (Å²) in [7, 11) is 0. The third-order valence-electron chi connectivity index (χ3n) is 2.37. The fraction of sp³-hybridized carbons (Fsp3) is 0.818. The van der Waals surface area contributed by atoms with Crippen LogP contribution in [-0.4, -0.2) is 53.0 Å². The molecule has 98 valence electrons. The number of ether oxygens (including phenoxy) is 1. The van der Waals surface area contributed by atoms with Crippen LogP contribution in [0.2, 0.25) is 0 Å². The first-order valence-corrected chi connectivity index (χ1v) is 6.61. The summed E-state index contributed by atoms with van der Waals surface area (Å²) < 4.78 is 5.25. The number of thioether (sulfide) groups is 1. The predicted octanol–water partition coefficient (Wildman–Crippen LogP) is 0.231. The predicted molar refractivity (Wildman–Crippen MR) is 67.7 cm³/mol. The first-order chi connectivity index (χ1) is 7.79. The van der Waals surface area contributed by atoms with Crippen molar-refractivity contribution >= 4 is 23.6 Å². The molecule has 0 radical (unpaired) electrons. The Morgan fingerprint density at radius 3 is 2.65 bits per heavy atom. The number of carbonyl (C=O) groups is 2. The highest BCUT2D eigenvalue weighted by Gasteiger charge is 2.28. The van der Waals surface area contributed by atoms with Gasteiger partial charge in [0.25, 0.3) is 0 Å². The van der Waals surface area contributed by atoms with E-state index in [-0.39, 0.29) is 17.2 Å². The van der Waals surface area contributed by atoms with Crippen molar-refractivity contribution in [1.82, 2.24) is 4.90 Å². The molecule has 0 spiro atoms. The fourth-order valence-corrected chi connectivity index (χ4v) is 2.16. The average Bonchev–Trinajstić information content (AvgIpc) is 2.25. The van der Waals surface area contributed by atoms with Gasteiger partial charge >= 0.3 is 0 Å². The molecule has 1 heterocycles. The molecule has 2 amide bonds. The molecule has 6 heteroatoms. The van der Waals surface area contributed by atoms with Gasteiger partial charge in [-0.2, -0.15) is 0 Å². The van der Waals surface area contributed by atoms with Crippen LogP contribution >= 0.6 is 11.8 Å². The third-order valence-corrected chi connectivity index (χ3v) is 3.62. The van der Waals surface area contributed by atoms with Gasteiger partial charge in [-0.15, -0.1) is 11.8 Å². The number of hydrogen-bond donors (Lipinski definition) is 1. The van der Waals surface area contributed by atoms with Crippen molar-refractivity contribution in [1.29, 1.82) is 0 Å². The molecule has 17 heavy (non-hydrogen) atoms. The Labute approximate surface area is 106 Å². The van der Waals surface area contributed by atoms with Crippen LogP contribution in [0, 0.1) is 0 Å². The largest absolute Gasteiger partial charge is 0.367 e. The third kappa shape index (κ3) is 4.95. The van der Waals surface area contributed by atoms with Crippen LogP contribution in [0.5, 0.6) is 0 Å². The number of nitrogens with zero attached hydrogens (tertiary/aromatic N) is 1. The van der Waals surface area contributed by atoms with Crippen molar-refractivity contribution in [3.8, 4) is 0 Å². The number of hydrogen-bond acceptors (Lipinski definition) is 4. The molecule has 0 bridgehead atoms. The van der Waals surface area contributed by atoms with Gasteiger partial charge < -0.3 is 15.4 Å². The topological polar surface area (TPSA) is 72.6 Å². The minimum atomic E-state index is -0.660. The van der Waals surface area contributed by atoms with Crippen molar-refractivity contribution in [2.75, 3.05) is 25.4 Å². The molecule has 1 aliphatic heterocycles. The Kier molecular flexibility index (Phi) is 4.82. The Bertz CT molecular complexity index is 302. The van der Waals surface area contributed by atoms with Crippen LogP contribution in [0.25, 0.3) is 0 Å². The van der Waals surface area contributed by atoms with Crippen LogP contribution in [0.15, 0.2) is 0 Å². The van der Waals surface area contributed by atoms with Crippen LogP contribution in [0.3, 0.4) is 0 Å². The summed E-state index contributed by atoms with van der Waals surface area (Å²) >= 11 is 1.60. The molecule has 0 aromatic carbocycles. The SMILES string of the molecule is CC(C)(C)SCC(=O)N1CCOC(C(N)=O)C1. The number of carbonyl (C=O) groups excluding carboxylic acids is 2.